The van der Waals surface area contributed by atoms with Gasteiger partial charge in [-0.05, 0) is 37.6 Å². The molecule has 0 radical (unpaired) electrons. The predicted molar refractivity (Wildman–Crippen MR) is 78.8 cm³/mol. The number of fused-ring (bicyclic) bond motifs is 1. The first-order valence-corrected chi connectivity index (χ1v) is 6.94. The number of carboxylic acid groups (broad SMARTS) is 2. The Labute approximate surface area is 127 Å². The number of carbonyl (C=O) groups is 3. The lowest BCUT2D eigenvalue weighted by molar-refractivity contribution is -0.142. The van der Waals surface area contributed by atoms with Gasteiger partial charge in [-0.3, -0.25) is 9.59 Å². The molecule has 2 rings (SSSR count). The van der Waals surface area contributed by atoms with E-state index in [1.807, 2.05) is 13.8 Å². The molecule has 0 fully saturated rings. The van der Waals surface area contributed by atoms with Gasteiger partial charge in [-0.1, -0.05) is 0 Å². The number of hydrogen-bond donors (Lipinski definition) is 3. The van der Waals surface area contributed by atoms with Gasteiger partial charge in [0.2, 0.25) is 5.91 Å². The Bertz CT molecular complexity index is 626. The van der Waals surface area contributed by atoms with Crippen molar-refractivity contribution in [3.05, 3.63) is 29.3 Å². The summed E-state index contributed by atoms with van der Waals surface area (Å²) in [6, 6.07) is 3.53. The van der Waals surface area contributed by atoms with Crippen molar-refractivity contribution in [2.45, 2.75) is 38.9 Å². The Balaban J connectivity index is 2.44. The molecule has 1 amide bonds. The maximum absolute atomic E-state index is 12.5. The fourth-order valence-corrected chi connectivity index (χ4v) is 2.46. The first-order valence-electron chi connectivity index (χ1n) is 6.94. The van der Waals surface area contributed by atoms with Crippen molar-refractivity contribution in [3.63, 3.8) is 0 Å². The van der Waals surface area contributed by atoms with Crippen molar-refractivity contribution in [1.82, 2.24) is 4.90 Å². The first-order chi connectivity index (χ1) is 10.3. The lowest BCUT2D eigenvalue weighted by atomic mass is 10.1. The first kappa shape index (κ1) is 15.8. The molecular weight excluding hydrogens is 288 g/mol. The van der Waals surface area contributed by atoms with E-state index in [0.717, 1.165) is 0 Å². The monoisotopic (exact) mass is 306 g/mol. The molecule has 1 aliphatic rings. The molecule has 1 aliphatic heterocycles. The SMILES string of the molecule is CC(C)N1Cc2cc(C(=O)O)ccc2NC(CC(=O)O)C1=O. The van der Waals surface area contributed by atoms with Crippen LogP contribution in [0.5, 0.6) is 0 Å². The highest BCUT2D eigenvalue weighted by Gasteiger charge is 2.32. The van der Waals surface area contributed by atoms with E-state index in [9.17, 15) is 14.4 Å². The van der Waals surface area contributed by atoms with Gasteiger partial charge in [-0.15, -0.1) is 0 Å². The fraction of sp³-hybridized carbons (Fsp3) is 0.400. The number of rotatable bonds is 4. The smallest absolute Gasteiger partial charge is 0.335 e. The van der Waals surface area contributed by atoms with Crippen molar-refractivity contribution < 1.29 is 24.6 Å². The maximum atomic E-state index is 12.5. The fourth-order valence-electron chi connectivity index (χ4n) is 2.46. The minimum Gasteiger partial charge on any atom is -0.481 e. The molecule has 1 atom stereocenters. The van der Waals surface area contributed by atoms with Crippen LogP contribution in [0, 0.1) is 0 Å². The molecule has 3 N–H and O–H groups in total. The van der Waals surface area contributed by atoms with E-state index >= 15 is 0 Å². The summed E-state index contributed by atoms with van der Waals surface area (Å²) in [5.41, 5.74) is 1.39. The highest BCUT2D eigenvalue weighted by Crippen LogP contribution is 2.26. The van der Waals surface area contributed by atoms with Gasteiger partial charge in [0.1, 0.15) is 6.04 Å². The Morgan fingerprint density at radius 3 is 2.59 bits per heavy atom. The van der Waals surface area contributed by atoms with Crippen LogP contribution in [0.3, 0.4) is 0 Å². The Kier molecular flexibility index (Phi) is 4.35. The molecule has 118 valence electrons. The molecule has 0 spiro atoms. The second-order valence-electron chi connectivity index (χ2n) is 5.53. The molecule has 1 aromatic rings. The third-order valence-corrected chi connectivity index (χ3v) is 3.61. The normalized spacial score (nSPS) is 17.7. The lowest BCUT2D eigenvalue weighted by Gasteiger charge is -2.27. The molecule has 7 nitrogen and oxygen atoms in total. The summed E-state index contributed by atoms with van der Waals surface area (Å²) in [7, 11) is 0. The summed E-state index contributed by atoms with van der Waals surface area (Å²) < 4.78 is 0. The van der Waals surface area contributed by atoms with Gasteiger partial charge in [0, 0.05) is 18.3 Å². The van der Waals surface area contributed by atoms with Gasteiger partial charge < -0.3 is 20.4 Å². The number of nitrogens with one attached hydrogen (secondary N) is 1. The van der Waals surface area contributed by atoms with Crippen LogP contribution in [0.4, 0.5) is 5.69 Å². The highest BCUT2D eigenvalue weighted by atomic mass is 16.4. The van der Waals surface area contributed by atoms with E-state index < -0.39 is 18.0 Å². The largest absolute Gasteiger partial charge is 0.481 e. The highest BCUT2D eigenvalue weighted by molar-refractivity contribution is 5.92. The molecule has 0 saturated carbocycles. The average molecular weight is 306 g/mol. The summed E-state index contributed by atoms with van der Waals surface area (Å²) in [5.74, 6) is -2.41. The van der Waals surface area contributed by atoms with Crippen LogP contribution in [-0.4, -0.2) is 45.0 Å². The van der Waals surface area contributed by atoms with E-state index in [2.05, 4.69) is 5.32 Å². The number of carbonyl (C=O) groups excluding carboxylic acids is 1. The van der Waals surface area contributed by atoms with Crippen LogP contribution in [0.15, 0.2) is 18.2 Å². The molecule has 1 unspecified atom stereocenters. The minimum atomic E-state index is -1.07. The molecule has 0 saturated heterocycles. The van der Waals surface area contributed by atoms with Crippen LogP contribution in [0.25, 0.3) is 0 Å². The van der Waals surface area contributed by atoms with Crippen molar-refractivity contribution in [2.75, 3.05) is 5.32 Å². The zero-order valence-corrected chi connectivity index (χ0v) is 12.4. The number of anilines is 1. The van der Waals surface area contributed by atoms with Crippen molar-refractivity contribution in [3.8, 4) is 0 Å². The summed E-state index contributed by atoms with van der Waals surface area (Å²) in [5, 5.41) is 21.0. The number of benzene rings is 1. The minimum absolute atomic E-state index is 0.120. The lowest BCUT2D eigenvalue weighted by Crippen LogP contribution is -2.44. The van der Waals surface area contributed by atoms with E-state index in [0.29, 0.717) is 11.3 Å². The quantitative estimate of drug-likeness (QED) is 0.776. The van der Waals surface area contributed by atoms with Gasteiger partial charge in [-0.25, -0.2) is 4.79 Å². The predicted octanol–water partition coefficient (Wildman–Crippen LogP) is 1.39. The average Bonchev–Trinajstić information content (AvgIpc) is 2.55. The van der Waals surface area contributed by atoms with E-state index in [1.54, 1.807) is 11.0 Å². The zero-order chi connectivity index (χ0) is 16.4. The van der Waals surface area contributed by atoms with E-state index in [-0.39, 0.29) is 30.5 Å². The van der Waals surface area contributed by atoms with Crippen LogP contribution < -0.4 is 5.32 Å². The third-order valence-electron chi connectivity index (χ3n) is 3.61. The molecule has 0 aromatic heterocycles. The Morgan fingerprint density at radius 1 is 1.36 bits per heavy atom. The summed E-state index contributed by atoms with van der Waals surface area (Å²) in [4.78, 5) is 36.1. The van der Waals surface area contributed by atoms with Gasteiger partial charge in [0.25, 0.3) is 0 Å². The number of aliphatic carboxylic acids is 1. The molecule has 1 aromatic carbocycles. The maximum Gasteiger partial charge on any atom is 0.335 e. The Morgan fingerprint density at radius 2 is 2.05 bits per heavy atom. The van der Waals surface area contributed by atoms with Gasteiger partial charge in [0.05, 0.1) is 12.0 Å². The number of hydrogen-bond acceptors (Lipinski definition) is 4. The Hall–Kier alpha value is -2.57. The third kappa shape index (κ3) is 3.19. The van der Waals surface area contributed by atoms with Crippen LogP contribution in [-0.2, 0) is 16.1 Å². The molecule has 7 heteroatoms. The summed E-state index contributed by atoms with van der Waals surface area (Å²) in [6.07, 6.45) is -0.331. The van der Waals surface area contributed by atoms with Gasteiger partial charge in [0.15, 0.2) is 0 Å². The molecule has 1 heterocycles. The second kappa shape index (κ2) is 6.05. The van der Waals surface area contributed by atoms with Crippen molar-refractivity contribution in [1.29, 1.82) is 0 Å². The number of nitrogens with zero attached hydrogens (tertiary/aromatic N) is 1. The van der Waals surface area contributed by atoms with Crippen LogP contribution in [0.2, 0.25) is 0 Å². The van der Waals surface area contributed by atoms with Crippen LogP contribution in [0.1, 0.15) is 36.2 Å². The molecule has 0 aliphatic carbocycles. The summed E-state index contributed by atoms with van der Waals surface area (Å²) >= 11 is 0. The van der Waals surface area contributed by atoms with E-state index in [4.69, 9.17) is 10.2 Å². The molecule has 0 bridgehead atoms. The van der Waals surface area contributed by atoms with Crippen LogP contribution >= 0.6 is 0 Å². The van der Waals surface area contributed by atoms with Crippen molar-refractivity contribution in [2.24, 2.45) is 0 Å². The van der Waals surface area contributed by atoms with Crippen molar-refractivity contribution >= 4 is 23.5 Å². The summed E-state index contributed by atoms with van der Waals surface area (Å²) in [6.45, 7) is 3.92. The number of amides is 1. The molecular formula is C15H18N2O5. The number of aromatic carboxylic acids is 1. The van der Waals surface area contributed by atoms with E-state index in [1.165, 1.54) is 12.1 Å². The standard InChI is InChI=1S/C15H18N2O5/c1-8(2)17-7-10-5-9(15(21)22)3-4-11(10)16-12(14(17)20)6-13(18)19/h3-5,8,12,16H,6-7H2,1-2H3,(H,18,19)(H,21,22). The second-order valence-corrected chi connectivity index (χ2v) is 5.53. The molecule has 22 heavy (non-hydrogen) atoms. The van der Waals surface area contributed by atoms with Gasteiger partial charge in [-0.2, -0.15) is 0 Å². The topological polar surface area (TPSA) is 107 Å². The van der Waals surface area contributed by atoms with Gasteiger partial charge >= 0.3 is 11.9 Å². The zero-order valence-electron chi connectivity index (χ0n) is 12.4. The number of carboxylic acids is 2.